The van der Waals surface area contributed by atoms with E-state index in [0.29, 0.717) is 5.92 Å². The summed E-state index contributed by atoms with van der Waals surface area (Å²) in [5.74, 6) is 1.55. The van der Waals surface area contributed by atoms with Crippen LogP contribution in [0.2, 0.25) is 0 Å². The first-order chi connectivity index (χ1) is 11.3. The van der Waals surface area contributed by atoms with Crippen LogP contribution < -0.4 is 9.88 Å². The molecule has 0 spiro atoms. The van der Waals surface area contributed by atoms with Gasteiger partial charge in [-0.25, -0.2) is 9.36 Å². The molecule has 1 saturated heterocycles. The molecule has 128 valence electrons. The molecule has 5 nitrogen and oxygen atoms in total. The molecule has 0 unspecified atom stereocenters. The fourth-order valence-corrected chi connectivity index (χ4v) is 2.89. The highest BCUT2D eigenvalue weighted by molar-refractivity contribution is 5.82. The summed E-state index contributed by atoms with van der Waals surface area (Å²) in [5.41, 5.74) is -0.431. The van der Waals surface area contributed by atoms with Crippen LogP contribution >= 0.6 is 0 Å². The highest BCUT2D eigenvalue weighted by Gasteiger charge is 2.34. The number of nitrogens with zero attached hydrogens (tertiary/aromatic N) is 2. The minimum absolute atomic E-state index is 0.213. The van der Waals surface area contributed by atoms with Crippen molar-refractivity contribution < 1.29 is 14.1 Å². The van der Waals surface area contributed by atoms with Crippen LogP contribution in [-0.4, -0.2) is 36.2 Å². The third-order valence-corrected chi connectivity index (χ3v) is 4.18. The smallest absolute Gasteiger partial charge is 0.410 e. The van der Waals surface area contributed by atoms with Crippen LogP contribution in [-0.2, 0) is 11.8 Å². The number of nitrogens with one attached hydrogen (secondary N) is 1. The van der Waals surface area contributed by atoms with E-state index in [1.807, 2.05) is 27.8 Å². The topological polar surface area (TPSA) is 45.5 Å². The van der Waals surface area contributed by atoms with Crippen LogP contribution in [0, 0.1) is 5.92 Å². The summed E-state index contributed by atoms with van der Waals surface area (Å²) in [7, 11) is 2.04. The molecule has 1 amide bonds. The highest BCUT2D eigenvalue weighted by atomic mass is 16.6. The number of benzene rings is 1. The Kier molecular flexibility index (Phi) is 4.35. The van der Waals surface area contributed by atoms with Gasteiger partial charge in [0.25, 0.3) is 5.82 Å². The van der Waals surface area contributed by atoms with E-state index >= 15 is 0 Å². The zero-order chi connectivity index (χ0) is 17.3. The average molecular weight is 328 g/mol. The summed E-state index contributed by atoms with van der Waals surface area (Å²) in [5, 5.41) is 5.95. The highest BCUT2D eigenvalue weighted by Crippen LogP contribution is 2.20. The second kappa shape index (κ2) is 6.30. The molecule has 3 rings (SSSR count). The van der Waals surface area contributed by atoms with Crippen molar-refractivity contribution in [2.75, 3.05) is 25.0 Å². The normalized spacial score (nSPS) is 15.2. The van der Waals surface area contributed by atoms with Crippen molar-refractivity contribution in [3.05, 3.63) is 36.5 Å². The quantitative estimate of drug-likeness (QED) is 0.881. The summed E-state index contributed by atoms with van der Waals surface area (Å²) in [4.78, 5) is 13.7. The summed E-state index contributed by atoms with van der Waals surface area (Å²) < 4.78 is 7.49. The van der Waals surface area contributed by atoms with E-state index in [9.17, 15) is 4.79 Å². The van der Waals surface area contributed by atoms with E-state index in [-0.39, 0.29) is 6.09 Å². The molecule has 1 N–H and O–H groups in total. The Morgan fingerprint density at radius 2 is 1.96 bits per heavy atom. The molecule has 1 aromatic carbocycles. The third kappa shape index (κ3) is 3.78. The Labute approximate surface area is 143 Å². The van der Waals surface area contributed by atoms with Gasteiger partial charge in [-0.1, -0.05) is 24.3 Å². The zero-order valence-electron chi connectivity index (χ0n) is 14.9. The van der Waals surface area contributed by atoms with Gasteiger partial charge in [-0.05, 0) is 26.2 Å². The van der Waals surface area contributed by atoms with Crippen molar-refractivity contribution in [3.8, 4) is 0 Å². The summed E-state index contributed by atoms with van der Waals surface area (Å²) in [6, 6.07) is 10.5. The Balaban J connectivity index is 1.53. The Morgan fingerprint density at radius 3 is 2.62 bits per heavy atom. The molecule has 0 aliphatic carbocycles. The maximum Gasteiger partial charge on any atom is 0.410 e. The largest absolute Gasteiger partial charge is 0.444 e. The van der Waals surface area contributed by atoms with Gasteiger partial charge >= 0.3 is 6.09 Å². The molecule has 1 fully saturated rings. The summed E-state index contributed by atoms with van der Waals surface area (Å²) in [6.07, 6.45) is 1.92. The predicted octanol–water partition coefficient (Wildman–Crippen LogP) is 2.94. The third-order valence-electron chi connectivity index (χ3n) is 4.18. The van der Waals surface area contributed by atoms with E-state index in [1.165, 1.54) is 10.8 Å². The van der Waals surface area contributed by atoms with Crippen LogP contribution in [0.4, 0.5) is 10.6 Å². The lowest BCUT2D eigenvalue weighted by Gasteiger charge is -2.38. The molecule has 0 atom stereocenters. The monoisotopic (exact) mass is 328 g/mol. The van der Waals surface area contributed by atoms with Crippen LogP contribution in [0.15, 0.2) is 36.5 Å². The van der Waals surface area contributed by atoms with Gasteiger partial charge in [0.15, 0.2) is 0 Å². The second-order valence-corrected chi connectivity index (χ2v) is 7.53. The number of hydrogen-bond donors (Lipinski definition) is 1. The predicted molar refractivity (Wildman–Crippen MR) is 94.9 cm³/mol. The van der Waals surface area contributed by atoms with E-state index in [1.54, 1.807) is 4.90 Å². The maximum absolute atomic E-state index is 11.9. The first kappa shape index (κ1) is 16.6. The fourth-order valence-electron chi connectivity index (χ4n) is 2.89. The van der Waals surface area contributed by atoms with Crippen molar-refractivity contribution in [1.29, 1.82) is 0 Å². The number of anilines is 1. The van der Waals surface area contributed by atoms with Crippen molar-refractivity contribution in [3.63, 3.8) is 0 Å². The molecule has 2 heterocycles. The van der Waals surface area contributed by atoms with Gasteiger partial charge in [-0.2, -0.15) is 0 Å². The van der Waals surface area contributed by atoms with Crippen LogP contribution in [0.25, 0.3) is 10.8 Å². The standard InChI is InChI=1S/C19H25N3O2/c1-19(2,3)24-18(23)22-11-14(12-22)10-20-17-9-15-7-5-6-8-16(15)13-21(17)4/h5-9,13-14H,10-12H2,1-4H3/p+1. The molecule has 1 aliphatic heterocycles. The number of ether oxygens (including phenoxy) is 1. The summed E-state index contributed by atoms with van der Waals surface area (Å²) >= 11 is 0. The van der Waals surface area contributed by atoms with Crippen molar-refractivity contribution >= 4 is 22.7 Å². The first-order valence-corrected chi connectivity index (χ1v) is 8.42. The number of hydrogen-bond acceptors (Lipinski definition) is 3. The first-order valence-electron chi connectivity index (χ1n) is 8.42. The van der Waals surface area contributed by atoms with Crippen LogP contribution in [0.5, 0.6) is 0 Å². The molecule has 0 saturated carbocycles. The number of amides is 1. The minimum atomic E-state index is -0.431. The second-order valence-electron chi connectivity index (χ2n) is 7.53. The molecule has 0 radical (unpaired) electrons. The van der Waals surface area contributed by atoms with E-state index < -0.39 is 5.60 Å². The molecule has 24 heavy (non-hydrogen) atoms. The van der Waals surface area contributed by atoms with Gasteiger partial charge in [-0.3, -0.25) is 5.32 Å². The Bertz CT molecular complexity index is 746. The van der Waals surface area contributed by atoms with Crippen molar-refractivity contribution in [1.82, 2.24) is 4.90 Å². The van der Waals surface area contributed by atoms with E-state index in [0.717, 1.165) is 25.5 Å². The molecule has 2 aromatic rings. The van der Waals surface area contributed by atoms with Gasteiger partial charge in [0.1, 0.15) is 5.60 Å². The summed E-state index contributed by atoms with van der Waals surface area (Å²) in [6.45, 7) is 8.03. The molecule has 1 aliphatic rings. The lowest BCUT2D eigenvalue weighted by atomic mass is 10.0. The number of aromatic nitrogens is 1. The Hall–Kier alpha value is -2.30. The van der Waals surface area contributed by atoms with Gasteiger partial charge in [0, 0.05) is 30.5 Å². The molecule has 0 bridgehead atoms. The maximum atomic E-state index is 11.9. The number of rotatable bonds is 3. The van der Waals surface area contributed by atoms with Gasteiger partial charge < -0.3 is 9.64 Å². The van der Waals surface area contributed by atoms with Crippen LogP contribution in [0.3, 0.4) is 0 Å². The molecular weight excluding hydrogens is 302 g/mol. The van der Waals surface area contributed by atoms with Crippen molar-refractivity contribution in [2.24, 2.45) is 13.0 Å². The number of carbonyl (C=O) groups excluding carboxylic acids is 1. The number of likely N-dealkylation sites (tertiary alicyclic amines) is 1. The lowest BCUT2D eigenvalue weighted by Crippen LogP contribution is -2.53. The van der Waals surface area contributed by atoms with Gasteiger partial charge in [0.05, 0.1) is 19.8 Å². The number of pyridine rings is 1. The van der Waals surface area contributed by atoms with Crippen molar-refractivity contribution in [2.45, 2.75) is 26.4 Å². The van der Waals surface area contributed by atoms with E-state index in [2.05, 4.69) is 46.4 Å². The zero-order valence-corrected chi connectivity index (χ0v) is 14.9. The van der Waals surface area contributed by atoms with Gasteiger partial charge in [0.2, 0.25) is 0 Å². The molecular formula is C19H26N3O2+. The SMILES string of the molecule is C[n+]1cc2ccccc2cc1NCC1CN(C(=O)OC(C)(C)C)C1. The molecule has 1 aromatic heterocycles. The Morgan fingerprint density at radius 1 is 1.29 bits per heavy atom. The van der Waals surface area contributed by atoms with Gasteiger partial charge in [-0.15, -0.1) is 0 Å². The lowest BCUT2D eigenvalue weighted by molar-refractivity contribution is -0.655. The fraction of sp³-hybridized carbons (Fsp3) is 0.474. The minimum Gasteiger partial charge on any atom is -0.444 e. The van der Waals surface area contributed by atoms with E-state index in [4.69, 9.17) is 4.74 Å². The molecule has 5 heteroatoms. The number of aryl methyl sites for hydroxylation is 1. The number of carbonyl (C=O) groups is 1. The number of fused-ring (bicyclic) bond motifs is 1. The van der Waals surface area contributed by atoms with Crippen LogP contribution in [0.1, 0.15) is 20.8 Å². The average Bonchev–Trinajstić information content (AvgIpc) is 2.44.